The Labute approximate surface area is 862 Å². The Balaban J connectivity index is 0.000000106. The standard InChI is InChI=1S/2C48H29N3.C43H26N4/c1-3-15-33-28-45-41(26-31(33)13-1)42-27-32-14-2-4-16-34(32)29-46(42)51(45)44-25-24-39(36-19-7-8-20-37(36)44)48-49-43-23-10-9-21-40(43)47(50-48)38-22-11-17-30-12-5-6-18-35(30)38;1-2-13-33-29-45-43(28-32(33)12-1)41-25-22-31-11-4-6-17-40(31)47(41)51(45)37-15-9-14-36(27-37)48-49-44-19-8-7-18-42(44)46(50-48)35-23-24-39-34(26-35)21-20-30-10-3-5-16-38(30)39;1-2-9-27(10-3-1)41-36-15-8-20-44-43(36)46-42(45-41)34-17-16-33-22-35(19-18-32(33)21-34)47-39-25-30-13-6-4-11-28(30)23-37(39)38-24-29-12-5-7-14-31(29)26-40(38)47/h2*1-29H;1-26H/i7D,8D,19D,20D,24D,25D;;. The molecule has 0 saturated carbocycles. The zero-order chi connectivity index (χ0) is 103. The molecule has 7 heterocycles. The smallest absolute Gasteiger partial charge is 0.163 e. The lowest BCUT2D eigenvalue weighted by atomic mass is 9.98. The van der Waals surface area contributed by atoms with E-state index in [1.807, 2.05) is 138 Å². The molecule has 0 spiro atoms. The summed E-state index contributed by atoms with van der Waals surface area (Å²) < 4.78 is 63.2. The molecule has 0 unspecified atom stereocenters. The fraction of sp³-hybridized carbons (Fsp3) is 0. The molecule has 0 radical (unpaired) electrons. The van der Waals surface area contributed by atoms with Crippen LogP contribution in [0.5, 0.6) is 0 Å². The predicted octanol–water partition coefficient (Wildman–Crippen LogP) is 36.3. The van der Waals surface area contributed by atoms with Crippen molar-refractivity contribution in [2.45, 2.75) is 0 Å². The van der Waals surface area contributed by atoms with Crippen LogP contribution in [0.3, 0.4) is 0 Å². The highest BCUT2D eigenvalue weighted by molar-refractivity contribution is 6.23. The van der Waals surface area contributed by atoms with Crippen molar-refractivity contribution >= 4 is 217 Å². The SMILES string of the molecule is [2H]c1c([2H])c([2H])c2c(-n3c4cc5ccccc5cc4c4cc5ccccc5cc43)c([2H])c([2H])c(-c3nc(-c4cccc5ccccc45)c4ccccc4n3)c2c1[2H].c1cc(-c2nc(-c3ccc4c(ccc5ccccc54)c3)c3ccccc3n2)cc(-n2c3cc4ccccc4cc3c3ccc4ccccc4c32)c1.c1ccc(-c2nc(-c3ccc4cc(-n5c6cc7ccccc7cc6c6cc7ccccc7cc65)ccc4c3)nc3ncccc23)cc1. The number of para-hydroxylation sites is 2. The molecule has 10 nitrogen and oxygen atoms in total. The Kier molecular flexibility index (Phi) is 18.1. The Morgan fingerprint density at radius 3 is 1.19 bits per heavy atom. The fourth-order valence-electron chi connectivity index (χ4n) is 22.9. The third-order valence-corrected chi connectivity index (χ3v) is 29.9. The van der Waals surface area contributed by atoms with Crippen molar-refractivity contribution in [3.8, 4) is 85.0 Å². The Morgan fingerprint density at radius 1 is 0.181 bits per heavy atom. The third-order valence-electron chi connectivity index (χ3n) is 29.9. The van der Waals surface area contributed by atoms with Gasteiger partial charge in [0.2, 0.25) is 0 Å². The van der Waals surface area contributed by atoms with Crippen LogP contribution in [0.15, 0.2) is 510 Å². The van der Waals surface area contributed by atoms with Crippen molar-refractivity contribution in [2.24, 2.45) is 0 Å². The summed E-state index contributed by atoms with van der Waals surface area (Å²) in [4.78, 5) is 35.2. The molecule has 32 aromatic rings. The minimum atomic E-state index is -0.439. The van der Waals surface area contributed by atoms with Gasteiger partial charge in [-0.1, -0.05) is 370 Å². The first kappa shape index (κ1) is 78.5. The van der Waals surface area contributed by atoms with E-state index in [0.29, 0.717) is 28.5 Å². The molecule has 7 aromatic heterocycles. The van der Waals surface area contributed by atoms with Crippen LogP contribution in [0.2, 0.25) is 0 Å². The summed E-state index contributed by atoms with van der Waals surface area (Å²) in [5.74, 6) is 1.48. The van der Waals surface area contributed by atoms with E-state index in [9.17, 15) is 5.48 Å². The molecule has 0 aliphatic carbocycles. The van der Waals surface area contributed by atoms with E-state index in [1.54, 1.807) is 6.20 Å². The molecule has 0 aliphatic rings. The molecule has 10 heteroatoms. The van der Waals surface area contributed by atoms with Gasteiger partial charge in [0.05, 0.1) is 75.1 Å². The zero-order valence-electron chi connectivity index (χ0n) is 86.0. The van der Waals surface area contributed by atoms with Gasteiger partial charge in [0.1, 0.15) is 0 Å². The average molecular weight is 1900 g/mol. The summed E-state index contributed by atoms with van der Waals surface area (Å²) in [6.45, 7) is 0. The van der Waals surface area contributed by atoms with Gasteiger partial charge in [0.25, 0.3) is 0 Å². The van der Waals surface area contributed by atoms with Crippen molar-refractivity contribution in [1.29, 1.82) is 0 Å². The maximum absolute atomic E-state index is 9.88. The topological polar surface area (TPSA) is 105 Å². The molecule has 0 atom stereocenters. The van der Waals surface area contributed by atoms with E-state index in [2.05, 4.69) is 348 Å². The van der Waals surface area contributed by atoms with Crippen LogP contribution < -0.4 is 0 Å². The van der Waals surface area contributed by atoms with Crippen LogP contribution in [0, 0.1) is 0 Å². The van der Waals surface area contributed by atoms with E-state index in [0.717, 1.165) is 137 Å². The fourth-order valence-corrected chi connectivity index (χ4v) is 22.9. The van der Waals surface area contributed by atoms with Crippen molar-refractivity contribution in [3.05, 3.63) is 510 Å². The lowest BCUT2D eigenvalue weighted by Crippen LogP contribution is -1.99. The Hall–Kier alpha value is -20.1. The molecular formula is C139H84N10. The number of benzene rings is 25. The third kappa shape index (κ3) is 14.2. The first-order valence-corrected chi connectivity index (χ1v) is 50.2. The van der Waals surface area contributed by atoms with Crippen LogP contribution in [0.25, 0.3) is 302 Å². The minimum absolute atomic E-state index is 0.0784. The second-order valence-corrected chi connectivity index (χ2v) is 38.5. The van der Waals surface area contributed by atoms with Gasteiger partial charge in [-0.15, -0.1) is 0 Å². The quantitative estimate of drug-likeness (QED) is 0.133. The van der Waals surface area contributed by atoms with Gasteiger partial charge in [0, 0.05) is 110 Å². The van der Waals surface area contributed by atoms with Crippen LogP contribution in [-0.2, 0) is 0 Å². The molecule has 0 saturated heterocycles. The van der Waals surface area contributed by atoms with Crippen molar-refractivity contribution < 1.29 is 8.22 Å². The van der Waals surface area contributed by atoms with E-state index in [-0.39, 0.29) is 52.0 Å². The molecule has 0 aliphatic heterocycles. The monoisotopic (exact) mass is 1900 g/mol. The number of hydrogen-bond acceptors (Lipinski definition) is 7. The normalized spacial score (nSPS) is 12.5. The van der Waals surface area contributed by atoms with E-state index in [1.165, 1.54) is 108 Å². The molecule has 0 fully saturated rings. The summed E-state index contributed by atoms with van der Waals surface area (Å²) in [6, 6.07) is 162. The highest BCUT2D eigenvalue weighted by atomic mass is 15.0. The molecule has 0 amide bonds. The van der Waals surface area contributed by atoms with Crippen molar-refractivity contribution in [2.75, 3.05) is 0 Å². The summed E-state index contributed by atoms with van der Waals surface area (Å²) in [5.41, 5.74) is 18.4. The average Bonchev–Trinajstić information content (AvgIpc) is 1.66. The van der Waals surface area contributed by atoms with Gasteiger partial charge in [0.15, 0.2) is 23.1 Å². The van der Waals surface area contributed by atoms with E-state index in [4.69, 9.17) is 32.6 Å². The highest BCUT2D eigenvalue weighted by Gasteiger charge is 2.26. The van der Waals surface area contributed by atoms with Gasteiger partial charge >= 0.3 is 0 Å². The summed E-state index contributed by atoms with van der Waals surface area (Å²) in [7, 11) is 0. The highest BCUT2D eigenvalue weighted by Crippen LogP contribution is 2.47. The number of nitrogens with zero attached hydrogens (tertiary/aromatic N) is 10. The van der Waals surface area contributed by atoms with Crippen molar-refractivity contribution in [1.82, 2.24) is 48.6 Å². The van der Waals surface area contributed by atoms with E-state index >= 15 is 0 Å². The molecule has 0 bridgehead atoms. The van der Waals surface area contributed by atoms with Crippen molar-refractivity contribution in [3.63, 3.8) is 0 Å². The summed E-state index contributed by atoms with van der Waals surface area (Å²) >= 11 is 0. The summed E-state index contributed by atoms with van der Waals surface area (Å²) in [5, 5.41) is 33.0. The second-order valence-electron chi connectivity index (χ2n) is 38.5. The number of pyridine rings is 1. The van der Waals surface area contributed by atoms with Gasteiger partial charge in [-0.2, -0.15) is 0 Å². The van der Waals surface area contributed by atoms with Crippen LogP contribution in [0.1, 0.15) is 8.22 Å². The molecule has 690 valence electrons. The predicted molar refractivity (Wildman–Crippen MR) is 625 cm³/mol. The maximum Gasteiger partial charge on any atom is 0.163 e. The largest absolute Gasteiger partial charge is 0.309 e. The first-order valence-electron chi connectivity index (χ1n) is 53.2. The van der Waals surface area contributed by atoms with Gasteiger partial charge < -0.3 is 13.7 Å². The Bertz CT molecular complexity index is 11500. The lowest BCUT2D eigenvalue weighted by molar-refractivity contribution is 1.18. The number of aromatic nitrogens is 10. The number of fused-ring (bicyclic) bond motifs is 25. The first-order chi connectivity index (χ1) is 76.3. The van der Waals surface area contributed by atoms with Crippen LogP contribution in [-0.4, -0.2) is 48.6 Å². The minimum Gasteiger partial charge on any atom is -0.309 e. The molecule has 149 heavy (non-hydrogen) atoms. The second kappa shape index (κ2) is 34.4. The van der Waals surface area contributed by atoms with Gasteiger partial charge in [-0.25, -0.2) is 34.9 Å². The molecule has 32 rings (SSSR count). The van der Waals surface area contributed by atoms with Crippen LogP contribution in [0.4, 0.5) is 0 Å². The summed E-state index contributed by atoms with van der Waals surface area (Å²) in [6.07, 6.45) is 1.79. The molecule has 25 aromatic carbocycles. The van der Waals surface area contributed by atoms with E-state index < -0.39 is 12.1 Å². The molecule has 0 N–H and O–H groups in total. The lowest BCUT2D eigenvalue weighted by Gasteiger charge is -2.16. The number of rotatable bonds is 9. The Morgan fingerprint density at radius 2 is 0.570 bits per heavy atom. The van der Waals surface area contributed by atoms with Gasteiger partial charge in [-0.05, 0) is 241 Å². The maximum atomic E-state index is 9.88. The molecular weight excluding hydrogens is 1810 g/mol. The number of hydrogen-bond donors (Lipinski definition) is 0. The van der Waals surface area contributed by atoms with Crippen LogP contribution >= 0.6 is 0 Å². The zero-order valence-corrected chi connectivity index (χ0v) is 80.0. The van der Waals surface area contributed by atoms with Gasteiger partial charge in [-0.3, -0.25) is 0 Å².